The Morgan fingerprint density at radius 2 is 2.00 bits per heavy atom. The van der Waals surface area contributed by atoms with E-state index in [0.717, 1.165) is 5.57 Å². The van der Waals surface area contributed by atoms with E-state index in [0.29, 0.717) is 6.42 Å². The van der Waals surface area contributed by atoms with E-state index in [9.17, 15) is 9.59 Å². The Kier molecular flexibility index (Phi) is 5.00. The SMILES string of the molecule is C=C(C)COC(=O)CC(=O)CC. The van der Waals surface area contributed by atoms with Crippen LogP contribution in [-0.2, 0) is 14.3 Å². The van der Waals surface area contributed by atoms with Crippen LogP contribution < -0.4 is 0 Å². The number of hydrogen-bond donors (Lipinski definition) is 0. The van der Waals surface area contributed by atoms with Crippen LogP contribution in [0.25, 0.3) is 0 Å². The van der Waals surface area contributed by atoms with Crippen LogP contribution in [0.1, 0.15) is 26.7 Å². The molecule has 0 N–H and O–H groups in total. The van der Waals surface area contributed by atoms with Crippen LogP contribution in [0, 0.1) is 0 Å². The zero-order valence-electron chi connectivity index (χ0n) is 7.55. The molecule has 0 bridgehead atoms. The Morgan fingerprint density at radius 1 is 1.42 bits per heavy atom. The molecule has 12 heavy (non-hydrogen) atoms. The minimum absolute atomic E-state index is 0.0956. The number of carbonyl (C=O) groups excluding carboxylic acids is 2. The van der Waals surface area contributed by atoms with E-state index in [1.165, 1.54) is 0 Å². The van der Waals surface area contributed by atoms with E-state index < -0.39 is 5.97 Å². The number of ketones is 1. The van der Waals surface area contributed by atoms with Gasteiger partial charge in [-0.05, 0) is 12.5 Å². The van der Waals surface area contributed by atoms with Gasteiger partial charge in [-0.3, -0.25) is 9.59 Å². The Balaban J connectivity index is 3.60. The molecule has 0 amide bonds. The summed E-state index contributed by atoms with van der Waals surface area (Å²) in [6.45, 7) is 7.24. The highest BCUT2D eigenvalue weighted by atomic mass is 16.5. The maximum atomic E-state index is 10.8. The third-order valence-electron chi connectivity index (χ3n) is 1.22. The Morgan fingerprint density at radius 3 is 2.42 bits per heavy atom. The average molecular weight is 170 g/mol. The van der Waals surface area contributed by atoms with Crippen molar-refractivity contribution in [3.05, 3.63) is 12.2 Å². The molecule has 0 spiro atoms. The Bertz CT molecular complexity index is 194. The molecule has 0 aliphatic carbocycles. The lowest BCUT2D eigenvalue weighted by Gasteiger charge is -2.02. The summed E-state index contributed by atoms with van der Waals surface area (Å²) < 4.78 is 4.72. The fourth-order valence-electron chi connectivity index (χ4n) is 0.541. The summed E-state index contributed by atoms with van der Waals surface area (Å²) in [6, 6.07) is 0. The molecule has 0 aromatic rings. The summed E-state index contributed by atoms with van der Waals surface area (Å²) >= 11 is 0. The van der Waals surface area contributed by atoms with Gasteiger partial charge >= 0.3 is 5.97 Å². The molecule has 0 heterocycles. The number of carbonyl (C=O) groups is 2. The first-order chi connectivity index (χ1) is 5.56. The fraction of sp³-hybridized carbons (Fsp3) is 0.556. The summed E-state index contributed by atoms with van der Waals surface area (Å²) in [6.07, 6.45) is 0.256. The first kappa shape index (κ1) is 10.9. The van der Waals surface area contributed by atoms with E-state index in [2.05, 4.69) is 6.58 Å². The minimum Gasteiger partial charge on any atom is -0.461 e. The second kappa shape index (κ2) is 5.52. The lowest BCUT2D eigenvalue weighted by Crippen LogP contribution is -2.11. The maximum absolute atomic E-state index is 10.8. The van der Waals surface area contributed by atoms with Crippen molar-refractivity contribution >= 4 is 11.8 Å². The van der Waals surface area contributed by atoms with Crippen LogP contribution >= 0.6 is 0 Å². The van der Waals surface area contributed by atoms with Crippen molar-refractivity contribution in [3.63, 3.8) is 0 Å². The van der Waals surface area contributed by atoms with Crippen molar-refractivity contribution < 1.29 is 14.3 Å². The molecule has 0 saturated heterocycles. The number of rotatable bonds is 5. The van der Waals surface area contributed by atoms with E-state index in [1.54, 1.807) is 13.8 Å². The van der Waals surface area contributed by atoms with Crippen molar-refractivity contribution in [3.8, 4) is 0 Å². The van der Waals surface area contributed by atoms with Crippen molar-refractivity contribution in [2.45, 2.75) is 26.7 Å². The molecule has 0 radical (unpaired) electrons. The second-order valence-electron chi connectivity index (χ2n) is 2.69. The quantitative estimate of drug-likeness (QED) is 0.356. The Labute approximate surface area is 72.4 Å². The van der Waals surface area contributed by atoms with Gasteiger partial charge in [0.15, 0.2) is 0 Å². The molecule has 0 rings (SSSR count). The lowest BCUT2D eigenvalue weighted by molar-refractivity contribution is -0.145. The van der Waals surface area contributed by atoms with E-state index in [4.69, 9.17) is 4.74 Å². The third kappa shape index (κ3) is 5.65. The minimum atomic E-state index is -0.468. The summed E-state index contributed by atoms with van der Waals surface area (Å²) in [5.41, 5.74) is 0.771. The van der Waals surface area contributed by atoms with E-state index >= 15 is 0 Å². The predicted molar refractivity (Wildman–Crippen MR) is 45.7 cm³/mol. The van der Waals surface area contributed by atoms with Crippen LogP contribution in [0.3, 0.4) is 0 Å². The monoisotopic (exact) mass is 170 g/mol. The van der Waals surface area contributed by atoms with Crippen LogP contribution in [0.2, 0.25) is 0 Å². The number of hydrogen-bond acceptors (Lipinski definition) is 3. The zero-order valence-corrected chi connectivity index (χ0v) is 7.55. The highest BCUT2D eigenvalue weighted by molar-refractivity contribution is 5.95. The second-order valence-corrected chi connectivity index (χ2v) is 2.69. The molecule has 0 fully saturated rings. The summed E-state index contributed by atoms with van der Waals surface area (Å²) in [5, 5.41) is 0. The first-order valence-corrected chi connectivity index (χ1v) is 3.88. The summed E-state index contributed by atoms with van der Waals surface area (Å²) in [4.78, 5) is 21.6. The van der Waals surface area contributed by atoms with Crippen molar-refractivity contribution in [1.29, 1.82) is 0 Å². The van der Waals surface area contributed by atoms with Gasteiger partial charge in [-0.1, -0.05) is 13.5 Å². The number of esters is 1. The van der Waals surface area contributed by atoms with Gasteiger partial charge in [0.05, 0.1) is 0 Å². The molecule has 3 nitrogen and oxygen atoms in total. The molecule has 68 valence electrons. The Hall–Kier alpha value is -1.12. The molecule has 0 unspecified atom stereocenters. The zero-order chi connectivity index (χ0) is 9.56. The largest absolute Gasteiger partial charge is 0.461 e. The molecule has 0 aromatic heterocycles. The summed E-state index contributed by atoms with van der Waals surface area (Å²) in [5.74, 6) is -0.563. The molecule has 0 atom stereocenters. The van der Waals surface area contributed by atoms with Gasteiger partial charge in [0, 0.05) is 6.42 Å². The highest BCUT2D eigenvalue weighted by Crippen LogP contribution is 1.95. The smallest absolute Gasteiger partial charge is 0.313 e. The molecule has 0 aliphatic heterocycles. The van der Waals surface area contributed by atoms with Gasteiger partial charge in [0.25, 0.3) is 0 Å². The van der Waals surface area contributed by atoms with Crippen LogP contribution in [0.15, 0.2) is 12.2 Å². The summed E-state index contributed by atoms with van der Waals surface area (Å²) in [7, 11) is 0. The predicted octanol–water partition coefficient (Wildman–Crippen LogP) is 1.47. The van der Waals surface area contributed by atoms with Crippen molar-refractivity contribution in [2.24, 2.45) is 0 Å². The van der Waals surface area contributed by atoms with Gasteiger partial charge in [-0.25, -0.2) is 0 Å². The molecule has 0 saturated carbocycles. The fourth-order valence-corrected chi connectivity index (χ4v) is 0.541. The van der Waals surface area contributed by atoms with Gasteiger partial charge in [0.2, 0.25) is 0 Å². The van der Waals surface area contributed by atoms with Gasteiger partial charge in [-0.15, -0.1) is 0 Å². The average Bonchev–Trinajstić information content (AvgIpc) is 2.00. The molecule has 0 aromatic carbocycles. The first-order valence-electron chi connectivity index (χ1n) is 3.88. The molecule has 3 heteroatoms. The van der Waals surface area contributed by atoms with Crippen LogP contribution in [0.4, 0.5) is 0 Å². The number of Topliss-reactive ketones (excluding diaryl/α,β-unsaturated/α-hetero) is 1. The lowest BCUT2D eigenvalue weighted by atomic mass is 10.2. The third-order valence-corrected chi connectivity index (χ3v) is 1.22. The van der Waals surface area contributed by atoms with Gasteiger partial charge in [-0.2, -0.15) is 0 Å². The number of ether oxygens (including phenoxy) is 1. The molecular weight excluding hydrogens is 156 g/mol. The van der Waals surface area contributed by atoms with Gasteiger partial charge in [0.1, 0.15) is 18.8 Å². The highest BCUT2D eigenvalue weighted by Gasteiger charge is 2.07. The standard InChI is InChI=1S/C9H14O3/c1-4-8(10)5-9(11)12-6-7(2)3/h2,4-6H2,1,3H3. The normalized spacial score (nSPS) is 9.17. The van der Waals surface area contributed by atoms with Gasteiger partial charge < -0.3 is 4.74 Å². The van der Waals surface area contributed by atoms with Crippen LogP contribution in [-0.4, -0.2) is 18.4 Å². The van der Waals surface area contributed by atoms with Crippen LogP contribution in [0.5, 0.6) is 0 Å². The van der Waals surface area contributed by atoms with E-state index in [-0.39, 0.29) is 18.8 Å². The maximum Gasteiger partial charge on any atom is 0.313 e. The van der Waals surface area contributed by atoms with Crippen molar-refractivity contribution in [1.82, 2.24) is 0 Å². The molecular formula is C9H14O3. The topological polar surface area (TPSA) is 43.4 Å². The molecule has 0 aliphatic rings. The van der Waals surface area contributed by atoms with Crippen molar-refractivity contribution in [2.75, 3.05) is 6.61 Å². The van der Waals surface area contributed by atoms with E-state index in [1.807, 2.05) is 0 Å².